The smallest absolute Gasteiger partial charge is 0.265 e. The molecule has 4 N–H and O–H groups in total. The van der Waals surface area contributed by atoms with E-state index in [-0.39, 0.29) is 22.5 Å². The summed E-state index contributed by atoms with van der Waals surface area (Å²) in [6.07, 6.45) is 0. The Morgan fingerprint density at radius 3 is 2.38 bits per heavy atom. The van der Waals surface area contributed by atoms with Crippen molar-refractivity contribution < 1.29 is 18.0 Å². The number of benzene rings is 2. The molecule has 1 heterocycles. The Morgan fingerprint density at radius 2 is 1.72 bits per heavy atom. The number of rotatable bonds is 7. The Morgan fingerprint density at radius 1 is 0.966 bits per heavy atom. The number of primary sulfonamides is 1. The lowest BCUT2D eigenvalue weighted by Gasteiger charge is -2.08. The van der Waals surface area contributed by atoms with Crippen LogP contribution in [0.4, 0.5) is 11.4 Å². The first kappa shape index (κ1) is 21.1. The van der Waals surface area contributed by atoms with Gasteiger partial charge in [0.1, 0.15) is 0 Å². The average Bonchev–Trinajstić information content (AvgIpc) is 3.21. The van der Waals surface area contributed by atoms with Crippen LogP contribution in [0, 0.1) is 0 Å². The third-order valence-electron chi connectivity index (χ3n) is 3.67. The number of anilines is 2. The predicted molar refractivity (Wildman–Crippen MR) is 116 cm³/mol. The van der Waals surface area contributed by atoms with Crippen LogP contribution in [0.2, 0.25) is 0 Å². The van der Waals surface area contributed by atoms with E-state index in [4.69, 9.17) is 5.14 Å². The van der Waals surface area contributed by atoms with E-state index in [1.165, 1.54) is 47.4 Å². The SMILES string of the molecule is NS(=O)(=O)c1ccc(NC(=O)CSc2cccc(NC(=O)c3cccs3)c2)cc1. The summed E-state index contributed by atoms with van der Waals surface area (Å²) in [4.78, 5) is 25.7. The van der Waals surface area contributed by atoms with Crippen LogP contribution < -0.4 is 15.8 Å². The van der Waals surface area contributed by atoms with Crippen molar-refractivity contribution in [3.8, 4) is 0 Å². The lowest BCUT2D eigenvalue weighted by Crippen LogP contribution is -2.15. The Labute approximate surface area is 176 Å². The number of amides is 2. The van der Waals surface area contributed by atoms with Crippen LogP contribution in [-0.4, -0.2) is 26.0 Å². The maximum atomic E-state index is 12.1. The molecule has 3 aromatic rings. The summed E-state index contributed by atoms with van der Waals surface area (Å²) in [5, 5.41) is 12.4. The largest absolute Gasteiger partial charge is 0.325 e. The summed E-state index contributed by atoms with van der Waals surface area (Å²) in [6.45, 7) is 0. The molecule has 0 radical (unpaired) electrons. The van der Waals surface area contributed by atoms with Gasteiger partial charge in [-0.1, -0.05) is 12.1 Å². The van der Waals surface area contributed by atoms with Gasteiger partial charge < -0.3 is 10.6 Å². The first-order chi connectivity index (χ1) is 13.8. The fourth-order valence-electron chi connectivity index (χ4n) is 2.34. The molecule has 0 fully saturated rings. The van der Waals surface area contributed by atoms with Crippen molar-refractivity contribution >= 4 is 56.3 Å². The zero-order valence-corrected chi connectivity index (χ0v) is 17.4. The highest BCUT2D eigenvalue weighted by atomic mass is 32.2. The summed E-state index contributed by atoms with van der Waals surface area (Å²) in [7, 11) is -3.77. The van der Waals surface area contributed by atoms with Crippen LogP contribution >= 0.6 is 23.1 Å². The van der Waals surface area contributed by atoms with E-state index < -0.39 is 10.0 Å². The first-order valence-corrected chi connectivity index (χ1v) is 11.7. The number of carbonyl (C=O) groups excluding carboxylic acids is 2. The van der Waals surface area contributed by atoms with Gasteiger partial charge in [0.2, 0.25) is 15.9 Å². The van der Waals surface area contributed by atoms with Crippen molar-refractivity contribution in [3.63, 3.8) is 0 Å². The monoisotopic (exact) mass is 447 g/mol. The fraction of sp³-hybridized carbons (Fsp3) is 0.0526. The van der Waals surface area contributed by atoms with Crippen molar-refractivity contribution in [1.29, 1.82) is 0 Å². The molecule has 3 rings (SSSR count). The molecule has 0 bridgehead atoms. The second kappa shape index (κ2) is 9.23. The van der Waals surface area contributed by atoms with E-state index in [1.807, 2.05) is 17.5 Å². The lowest BCUT2D eigenvalue weighted by molar-refractivity contribution is -0.113. The summed E-state index contributed by atoms with van der Waals surface area (Å²) >= 11 is 2.68. The fourth-order valence-corrected chi connectivity index (χ4v) is 4.23. The minimum Gasteiger partial charge on any atom is -0.325 e. The molecule has 0 saturated heterocycles. The van der Waals surface area contributed by atoms with Gasteiger partial charge in [-0.2, -0.15) is 0 Å². The van der Waals surface area contributed by atoms with E-state index in [0.717, 1.165) is 4.90 Å². The maximum absolute atomic E-state index is 12.1. The van der Waals surface area contributed by atoms with Gasteiger partial charge in [0.25, 0.3) is 5.91 Å². The number of nitrogens with two attached hydrogens (primary N) is 1. The summed E-state index contributed by atoms with van der Waals surface area (Å²) in [6, 6.07) is 16.4. The first-order valence-electron chi connectivity index (χ1n) is 8.32. The normalized spacial score (nSPS) is 11.1. The second-order valence-electron chi connectivity index (χ2n) is 5.87. The van der Waals surface area contributed by atoms with Gasteiger partial charge in [0.15, 0.2) is 0 Å². The van der Waals surface area contributed by atoms with Crippen molar-refractivity contribution in [2.75, 3.05) is 16.4 Å². The number of nitrogens with one attached hydrogen (secondary N) is 2. The van der Waals surface area contributed by atoms with E-state index in [2.05, 4.69) is 10.6 Å². The standard InChI is InChI=1S/C19H17N3O4S3/c20-29(25,26)16-8-6-13(7-9-16)21-18(23)12-28-15-4-1-3-14(11-15)22-19(24)17-5-2-10-27-17/h1-11H,12H2,(H,21,23)(H,22,24)(H2,20,25,26). The number of thiophene rings is 1. The van der Waals surface area contributed by atoms with Crippen LogP contribution in [-0.2, 0) is 14.8 Å². The van der Waals surface area contributed by atoms with E-state index in [1.54, 1.807) is 24.3 Å². The minimum atomic E-state index is -3.77. The van der Waals surface area contributed by atoms with Crippen LogP contribution in [0.5, 0.6) is 0 Å². The quantitative estimate of drug-likeness (QED) is 0.480. The highest BCUT2D eigenvalue weighted by molar-refractivity contribution is 8.00. The molecular weight excluding hydrogens is 430 g/mol. The molecule has 10 heteroatoms. The van der Waals surface area contributed by atoms with Crippen molar-refractivity contribution in [2.24, 2.45) is 5.14 Å². The Hall–Kier alpha value is -2.66. The van der Waals surface area contributed by atoms with E-state index >= 15 is 0 Å². The average molecular weight is 448 g/mol. The Bertz CT molecular complexity index is 1110. The molecular formula is C19H17N3O4S3. The van der Waals surface area contributed by atoms with Crippen molar-refractivity contribution in [3.05, 3.63) is 70.9 Å². The molecule has 2 aromatic carbocycles. The zero-order valence-electron chi connectivity index (χ0n) is 15.0. The molecule has 1 aromatic heterocycles. The van der Waals surface area contributed by atoms with Gasteiger partial charge in [-0.3, -0.25) is 9.59 Å². The van der Waals surface area contributed by atoms with Gasteiger partial charge >= 0.3 is 0 Å². The molecule has 7 nitrogen and oxygen atoms in total. The van der Waals surface area contributed by atoms with Gasteiger partial charge in [0, 0.05) is 16.3 Å². The molecule has 0 aliphatic rings. The van der Waals surface area contributed by atoms with Crippen molar-refractivity contribution in [2.45, 2.75) is 9.79 Å². The van der Waals surface area contributed by atoms with Crippen LogP contribution in [0.3, 0.4) is 0 Å². The van der Waals surface area contributed by atoms with Crippen molar-refractivity contribution in [1.82, 2.24) is 0 Å². The molecule has 0 unspecified atom stereocenters. The highest BCUT2D eigenvalue weighted by Crippen LogP contribution is 2.23. The summed E-state index contributed by atoms with van der Waals surface area (Å²) < 4.78 is 22.5. The third-order valence-corrected chi connectivity index (χ3v) is 6.47. The topological polar surface area (TPSA) is 118 Å². The Kier molecular flexibility index (Phi) is 6.70. The second-order valence-corrected chi connectivity index (χ2v) is 9.42. The minimum absolute atomic E-state index is 0.0220. The molecule has 0 aliphatic carbocycles. The van der Waals surface area contributed by atoms with Gasteiger partial charge in [0.05, 0.1) is 15.5 Å². The van der Waals surface area contributed by atoms with Gasteiger partial charge in [-0.15, -0.1) is 23.1 Å². The molecule has 0 saturated carbocycles. The zero-order chi connectivity index (χ0) is 20.9. The highest BCUT2D eigenvalue weighted by Gasteiger charge is 2.10. The van der Waals surface area contributed by atoms with E-state index in [9.17, 15) is 18.0 Å². The molecule has 2 amide bonds. The summed E-state index contributed by atoms with van der Waals surface area (Å²) in [5.74, 6) is -0.270. The van der Waals surface area contributed by atoms with Crippen LogP contribution in [0.15, 0.2) is 75.8 Å². The molecule has 0 aliphatic heterocycles. The molecule has 0 spiro atoms. The number of thioether (sulfide) groups is 1. The molecule has 0 atom stereocenters. The number of hydrogen-bond acceptors (Lipinski definition) is 6. The van der Waals surface area contributed by atoms with Crippen LogP contribution in [0.1, 0.15) is 9.67 Å². The summed E-state index contributed by atoms with van der Waals surface area (Å²) in [5.41, 5.74) is 1.12. The van der Waals surface area contributed by atoms with Crippen LogP contribution in [0.25, 0.3) is 0 Å². The Balaban J connectivity index is 1.54. The van der Waals surface area contributed by atoms with Gasteiger partial charge in [-0.25, -0.2) is 13.6 Å². The number of sulfonamides is 1. The number of carbonyl (C=O) groups is 2. The number of hydrogen-bond donors (Lipinski definition) is 3. The lowest BCUT2D eigenvalue weighted by atomic mass is 10.3. The third kappa shape index (κ3) is 6.16. The van der Waals surface area contributed by atoms with Gasteiger partial charge in [-0.05, 0) is 53.9 Å². The molecule has 29 heavy (non-hydrogen) atoms. The predicted octanol–water partition coefficient (Wildman–Crippen LogP) is 3.38. The van der Waals surface area contributed by atoms with E-state index in [0.29, 0.717) is 16.3 Å². The molecule has 150 valence electrons. The maximum Gasteiger partial charge on any atom is 0.265 e.